The number of nitrogens with zero attached hydrogens (tertiary/aromatic N) is 1. The van der Waals surface area contributed by atoms with Gasteiger partial charge in [-0.3, -0.25) is 4.79 Å². The summed E-state index contributed by atoms with van der Waals surface area (Å²) in [5.41, 5.74) is 0. The lowest BCUT2D eigenvalue weighted by atomic mass is 10.1. The van der Waals surface area contributed by atoms with E-state index < -0.39 is 0 Å². The minimum atomic E-state index is -0.110. The van der Waals surface area contributed by atoms with Crippen molar-refractivity contribution < 1.29 is 9.53 Å². The lowest BCUT2D eigenvalue weighted by Gasteiger charge is -2.35. The summed E-state index contributed by atoms with van der Waals surface area (Å²) >= 11 is 0. The van der Waals surface area contributed by atoms with Gasteiger partial charge in [-0.1, -0.05) is 25.1 Å². The molecule has 0 saturated carbocycles. The molecule has 1 aromatic carbocycles. The molecule has 2 rings (SSSR count). The Morgan fingerprint density at radius 1 is 1.47 bits per heavy atom. The molecule has 4 nitrogen and oxygen atoms in total. The van der Waals surface area contributed by atoms with E-state index in [0.717, 1.165) is 25.4 Å². The molecule has 104 valence electrons. The number of hydrogen-bond acceptors (Lipinski definition) is 3. The number of carbonyl (C=O) groups is 1. The summed E-state index contributed by atoms with van der Waals surface area (Å²) in [6.45, 7) is 6.98. The van der Waals surface area contributed by atoms with E-state index in [2.05, 4.69) is 12.2 Å². The Hall–Kier alpha value is -1.55. The fraction of sp³-hybridized carbons (Fsp3) is 0.533. The van der Waals surface area contributed by atoms with Gasteiger partial charge in [0.05, 0.1) is 12.5 Å². The van der Waals surface area contributed by atoms with Gasteiger partial charge >= 0.3 is 0 Å². The minimum Gasteiger partial charge on any atom is -0.493 e. The third kappa shape index (κ3) is 3.70. The number of ether oxygens (including phenoxy) is 1. The van der Waals surface area contributed by atoms with Crippen molar-refractivity contribution in [2.75, 3.05) is 26.2 Å². The van der Waals surface area contributed by atoms with Crippen LogP contribution in [-0.4, -0.2) is 43.1 Å². The second kappa shape index (κ2) is 6.57. The SMILES string of the molecule is CC(COc1ccccc1)C(=O)N1CCNC[C@H]1C. The first-order valence-corrected chi connectivity index (χ1v) is 6.87. The highest BCUT2D eigenvalue weighted by atomic mass is 16.5. The molecule has 1 aliphatic rings. The first-order valence-electron chi connectivity index (χ1n) is 6.87. The largest absolute Gasteiger partial charge is 0.493 e. The first kappa shape index (κ1) is 13.9. The number of benzene rings is 1. The summed E-state index contributed by atoms with van der Waals surface area (Å²) in [6, 6.07) is 9.89. The zero-order chi connectivity index (χ0) is 13.7. The van der Waals surface area contributed by atoms with Crippen molar-refractivity contribution >= 4 is 5.91 Å². The number of rotatable bonds is 4. The van der Waals surface area contributed by atoms with E-state index in [1.54, 1.807) is 0 Å². The van der Waals surface area contributed by atoms with Crippen LogP contribution in [0.15, 0.2) is 30.3 Å². The first-order chi connectivity index (χ1) is 9.18. The molecule has 0 aliphatic carbocycles. The molecule has 1 amide bonds. The van der Waals surface area contributed by atoms with Crippen LogP contribution >= 0.6 is 0 Å². The van der Waals surface area contributed by atoms with E-state index in [1.165, 1.54) is 0 Å². The Labute approximate surface area is 114 Å². The van der Waals surface area contributed by atoms with Gasteiger partial charge in [0.1, 0.15) is 5.75 Å². The zero-order valence-electron chi connectivity index (χ0n) is 11.6. The fourth-order valence-electron chi connectivity index (χ4n) is 2.26. The Kier molecular flexibility index (Phi) is 4.80. The van der Waals surface area contributed by atoms with E-state index in [0.29, 0.717) is 6.61 Å². The highest BCUT2D eigenvalue weighted by Crippen LogP contribution is 2.13. The molecule has 1 saturated heterocycles. The number of piperazine rings is 1. The van der Waals surface area contributed by atoms with Crippen molar-refractivity contribution in [2.45, 2.75) is 19.9 Å². The third-order valence-electron chi connectivity index (χ3n) is 3.45. The summed E-state index contributed by atoms with van der Waals surface area (Å²) in [5.74, 6) is 0.890. The molecule has 1 aliphatic heterocycles. The Morgan fingerprint density at radius 2 is 2.21 bits per heavy atom. The smallest absolute Gasteiger partial charge is 0.229 e. The predicted octanol–water partition coefficient (Wildman–Crippen LogP) is 1.52. The number of nitrogens with one attached hydrogen (secondary N) is 1. The van der Waals surface area contributed by atoms with Gasteiger partial charge in [-0.05, 0) is 19.1 Å². The maximum Gasteiger partial charge on any atom is 0.229 e. The molecular formula is C15H22N2O2. The maximum atomic E-state index is 12.3. The van der Waals surface area contributed by atoms with Crippen LogP contribution in [0.2, 0.25) is 0 Å². The Morgan fingerprint density at radius 3 is 2.89 bits per heavy atom. The van der Waals surface area contributed by atoms with Crippen LogP contribution in [0.25, 0.3) is 0 Å². The molecule has 2 atom stereocenters. The average Bonchev–Trinajstić information content (AvgIpc) is 2.45. The second-order valence-electron chi connectivity index (χ2n) is 5.11. The molecule has 1 fully saturated rings. The topological polar surface area (TPSA) is 41.6 Å². The number of para-hydroxylation sites is 1. The molecular weight excluding hydrogens is 240 g/mol. The standard InChI is InChI=1S/C15H22N2O2/c1-12(11-19-14-6-4-3-5-7-14)15(18)17-9-8-16-10-13(17)2/h3-7,12-13,16H,8-11H2,1-2H3/t12?,13-/m1/s1. The number of amides is 1. The van der Waals surface area contributed by atoms with Crippen molar-refractivity contribution in [3.8, 4) is 5.75 Å². The normalized spacial score (nSPS) is 20.9. The second-order valence-corrected chi connectivity index (χ2v) is 5.11. The van der Waals surface area contributed by atoms with Crippen LogP contribution in [0.4, 0.5) is 0 Å². The van der Waals surface area contributed by atoms with Crippen molar-refractivity contribution in [3.63, 3.8) is 0 Å². The third-order valence-corrected chi connectivity index (χ3v) is 3.45. The molecule has 0 bridgehead atoms. The summed E-state index contributed by atoms with van der Waals surface area (Å²) in [6.07, 6.45) is 0. The zero-order valence-corrected chi connectivity index (χ0v) is 11.6. The summed E-state index contributed by atoms with van der Waals surface area (Å²) < 4.78 is 5.65. The van der Waals surface area contributed by atoms with Gasteiger partial charge in [0.25, 0.3) is 0 Å². The van der Waals surface area contributed by atoms with E-state index in [-0.39, 0.29) is 17.9 Å². The molecule has 1 N–H and O–H groups in total. The van der Waals surface area contributed by atoms with Crippen molar-refractivity contribution in [3.05, 3.63) is 30.3 Å². The summed E-state index contributed by atoms with van der Waals surface area (Å²) in [4.78, 5) is 14.3. The van der Waals surface area contributed by atoms with Gasteiger partial charge in [0.15, 0.2) is 0 Å². The molecule has 0 radical (unpaired) electrons. The number of carbonyl (C=O) groups excluding carboxylic acids is 1. The van der Waals surface area contributed by atoms with Gasteiger partial charge in [-0.25, -0.2) is 0 Å². The van der Waals surface area contributed by atoms with Gasteiger partial charge in [-0.15, -0.1) is 0 Å². The van der Waals surface area contributed by atoms with Crippen molar-refractivity contribution in [1.82, 2.24) is 10.2 Å². The number of hydrogen-bond donors (Lipinski definition) is 1. The molecule has 1 heterocycles. The van der Waals surface area contributed by atoms with Crippen LogP contribution in [0.3, 0.4) is 0 Å². The van der Waals surface area contributed by atoms with Gasteiger partial charge < -0.3 is 15.0 Å². The maximum absolute atomic E-state index is 12.3. The molecule has 0 aromatic heterocycles. The van der Waals surface area contributed by atoms with Crippen molar-refractivity contribution in [2.24, 2.45) is 5.92 Å². The monoisotopic (exact) mass is 262 g/mol. The summed E-state index contributed by atoms with van der Waals surface area (Å²) in [7, 11) is 0. The van der Waals surface area contributed by atoms with Gasteiger partial charge in [0.2, 0.25) is 5.91 Å². The average molecular weight is 262 g/mol. The molecule has 1 unspecified atom stereocenters. The van der Waals surface area contributed by atoms with Crippen LogP contribution in [-0.2, 0) is 4.79 Å². The Bertz CT molecular complexity index is 408. The lowest BCUT2D eigenvalue weighted by Crippen LogP contribution is -2.54. The van der Waals surface area contributed by atoms with E-state index in [1.807, 2.05) is 42.2 Å². The minimum absolute atomic E-state index is 0.110. The molecule has 0 spiro atoms. The molecule has 1 aromatic rings. The highest BCUT2D eigenvalue weighted by molar-refractivity contribution is 5.79. The van der Waals surface area contributed by atoms with E-state index in [9.17, 15) is 4.79 Å². The van der Waals surface area contributed by atoms with Crippen molar-refractivity contribution in [1.29, 1.82) is 0 Å². The lowest BCUT2D eigenvalue weighted by molar-refractivity contribution is -0.138. The van der Waals surface area contributed by atoms with Crippen LogP contribution in [0.5, 0.6) is 5.75 Å². The van der Waals surface area contributed by atoms with Crippen LogP contribution in [0.1, 0.15) is 13.8 Å². The van der Waals surface area contributed by atoms with Crippen LogP contribution in [0, 0.1) is 5.92 Å². The van der Waals surface area contributed by atoms with E-state index >= 15 is 0 Å². The van der Waals surface area contributed by atoms with E-state index in [4.69, 9.17) is 4.74 Å². The molecule has 4 heteroatoms. The molecule has 19 heavy (non-hydrogen) atoms. The fourth-order valence-corrected chi connectivity index (χ4v) is 2.26. The quantitative estimate of drug-likeness (QED) is 0.894. The Balaban J connectivity index is 1.85. The van der Waals surface area contributed by atoms with Gasteiger partial charge in [0, 0.05) is 25.7 Å². The summed E-state index contributed by atoms with van der Waals surface area (Å²) in [5, 5.41) is 3.29. The van der Waals surface area contributed by atoms with Crippen LogP contribution < -0.4 is 10.1 Å². The highest BCUT2D eigenvalue weighted by Gasteiger charge is 2.27. The predicted molar refractivity (Wildman–Crippen MR) is 75.1 cm³/mol. The van der Waals surface area contributed by atoms with Gasteiger partial charge in [-0.2, -0.15) is 0 Å².